The molecule has 7 heteroatoms. The quantitative estimate of drug-likeness (QED) is 0.896. The van der Waals surface area contributed by atoms with Gasteiger partial charge in [0.1, 0.15) is 11.4 Å². The molecule has 2 aromatic rings. The highest BCUT2D eigenvalue weighted by atomic mass is 19.1. The minimum absolute atomic E-state index is 0.0896. The van der Waals surface area contributed by atoms with Crippen LogP contribution in [0.15, 0.2) is 42.7 Å². The monoisotopic (exact) mass is 331 g/mol. The molecule has 0 aliphatic carbocycles. The van der Waals surface area contributed by atoms with Crippen molar-refractivity contribution in [2.24, 2.45) is 0 Å². The van der Waals surface area contributed by atoms with Crippen molar-refractivity contribution in [2.45, 2.75) is 26.4 Å². The molecule has 0 fully saturated rings. The molecule has 1 heterocycles. The summed E-state index contributed by atoms with van der Waals surface area (Å²) in [6.07, 6.45) is 2.19. The second-order valence-electron chi connectivity index (χ2n) is 6.02. The molecule has 2 amide bonds. The first-order chi connectivity index (χ1) is 11.2. The van der Waals surface area contributed by atoms with E-state index in [1.54, 1.807) is 39.1 Å². The van der Waals surface area contributed by atoms with Gasteiger partial charge in [0.2, 0.25) is 0 Å². The summed E-state index contributed by atoms with van der Waals surface area (Å²) in [5, 5.41) is 4.93. The van der Waals surface area contributed by atoms with Gasteiger partial charge >= 0.3 is 6.09 Å². The van der Waals surface area contributed by atoms with Crippen molar-refractivity contribution in [1.82, 2.24) is 4.98 Å². The zero-order valence-electron chi connectivity index (χ0n) is 13.6. The first-order valence-corrected chi connectivity index (χ1v) is 7.25. The highest BCUT2D eigenvalue weighted by molar-refractivity contribution is 6.04. The number of pyridine rings is 1. The smallest absolute Gasteiger partial charge is 0.412 e. The summed E-state index contributed by atoms with van der Waals surface area (Å²) in [4.78, 5) is 27.7. The fraction of sp³-hybridized carbons (Fsp3) is 0.235. The van der Waals surface area contributed by atoms with Crippen molar-refractivity contribution in [1.29, 1.82) is 0 Å². The van der Waals surface area contributed by atoms with E-state index >= 15 is 0 Å². The SMILES string of the molecule is CC(C)(C)OC(=O)Nc1cc(NC(=O)c2cccnc2)ccc1F. The van der Waals surface area contributed by atoms with Crippen LogP contribution in [0.25, 0.3) is 0 Å². The van der Waals surface area contributed by atoms with Crippen molar-refractivity contribution >= 4 is 23.4 Å². The second kappa shape index (κ2) is 7.08. The number of benzene rings is 1. The summed E-state index contributed by atoms with van der Waals surface area (Å²) in [6.45, 7) is 5.11. The topological polar surface area (TPSA) is 80.3 Å². The molecule has 0 aliphatic rings. The molecule has 0 bridgehead atoms. The minimum Gasteiger partial charge on any atom is -0.444 e. The third kappa shape index (κ3) is 5.05. The Bertz CT molecular complexity index is 742. The first-order valence-electron chi connectivity index (χ1n) is 7.25. The highest BCUT2D eigenvalue weighted by Crippen LogP contribution is 2.21. The van der Waals surface area contributed by atoms with Gasteiger partial charge in [-0.25, -0.2) is 9.18 Å². The molecule has 1 aromatic heterocycles. The molecule has 0 spiro atoms. The molecule has 126 valence electrons. The molecule has 24 heavy (non-hydrogen) atoms. The Kier molecular flexibility index (Phi) is 5.13. The maximum atomic E-state index is 13.8. The number of halogens is 1. The normalized spacial score (nSPS) is 10.8. The summed E-state index contributed by atoms with van der Waals surface area (Å²) in [6, 6.07) is 7.09. The number of nitrogens with zero attached hydrogens (tertiary/aromatic N) is 1. The van der Waals surface area contributed by atoms with Gasteiger partial charge in [-0.1, -0.05) is 0 Å². The Morgan fingerprint density at radius 3 is 2.54 bits per heavy atom. The molecule has 0 atom stereocenters. The van der Waals surface area contributed by atoms with Gasteiger partial charge in [0.25, 0.3) is 5.91 Å². The number of aromatic nitrogens is 1. The van der Waals surface area contributed by atoms with Gasteiger partial charge in [-0.3, -0.25) is 15.1 Å². The fourth-order valence-electron chi connectivity index (χ4n) is 1.81. The molecular weight excluding hydrogens is 313 g/mol. The van der Waals surface area contributed by atoms with Gasteiger partial charge in [-0.05, 0) is 51.1 Å². The lowest BCUT2D eigenvalue weighted by molar-refractivity contribution is 0.0635. The summed E-state index contributed by atoms with van der Waals surface area (Å²) in [5.74, 6) is -1.03. The summed E-state index contributed by atoms with van der Waals surface area (Å²) in [7, 11) is 0. The number of anilines is 2. The van der Waals surface area contributed by atoms with Crippen LogP contribution in [0.1, 0.15) is 31.1 Å². The number of rotatable bonds is 3. The number of ether oxygens (including phenoxy) is 1. The summed E-state index contributed by atoms with van der Waals surface area (Å²) >= 11 is 0. The minimum atomic E-state index is -0.780. The van der Waals surface area contributed by atoms with Crippen LogP contribution in [0.4, 0.5) is 20.6 Å². The Balaban J connectivity index is 2.11. The van der Waals surface area contributed by atoms with Gasteiger partial charge in [-0.2, -0.15) is 0 Å². The lowest BCUT2D eigenvalue weighted by Crippen LogP contribution is -2.27. The van der Waals surface area contributed by atoms with Gasteiger partial charge in [0, 0.05) is 18.1 Å². The number of carbonyl (C=O) groups is 2. The molecule has 1 aromatic carbocycles. The van der Waals surface area contributed by atoms with E-state index in [0.717, 1.165) is 6.07 Å². The predicted octanol–water partition coefficient (Wildman–Crippen LogP) is 3.82. The molecule has 0 unspecified atom stereocenters. The number of nitrogens with one attached hydrogen (secondary N) is 2. The van der Waals surface area contributed by atoms with Crippen LogP contribution in [0.2, 0.25) is 0 Å². The van der Waals surface area contributed by atoms with Crippen molar-refractivity contribution < 1.29 is 18.7 Å². The lowest BCUT2D eigenvalue weighted by atomic mass is 10.2. The first kappa shape index (κ1) is 17.4. The van der Waals surface area contributed by atoms with Crippen LogP contribution in [0.3, 0.4) is 0 Å². The summed E-state index contributed by atoms with van der Waals surface area (Å²) in [5.41, 5.74) is -0.0970. The molecule has 2 N–H and O–H groups in total. The molecule has 2 rings (SSSR count). The van der Waals surface area contributed by atoms with Gasteiger partial charge in [0.05, 0.1) is 11.3 Å². The number of amides is 2. The largest absolute Gasteiger partial charge is 0.444 e. The van der Waals surface area contributed by atoms with E-state index in [0.29, 0.717) is 11.3 Å². The van der Waals surface area contributed by atoms with E-state index in [1.807, 2.05) is 0 Å². The maximum absolute atomic E-state index is 13.8. The lowest BCUT2D eigenvalue weighted by Gasteiger charge is -2.20. The van der Waals surface area contributed by atoms with Crippen molar-refractivity contribution in [3.05, 3.63) is 54.1 Å². The average molecular weight is 331 g/mol. The second-order valence-corrected chi connectivity index (χ2v) is 6.02. The zero-order chi connectivity index (χ0) is 17.7. The third-order valence-electron chi connectivity index (χ3n) is 2.78. The highest BCUT2D eigenvalue weighted by Gasteiger charge is 2.18. The molecule has 0 saturated heterocycles. The van der Waals surface area contributed by atoms with E-state index in [2.05, 4.69) is 15.6 Å². The Hall–Kier alpha value is -2.96. The standard InChI is InChI=1S/C17H18FN3O3/c1-17(2,3)24-16(23)21-14-9-12(6-7-13(14)18)20-15(22)11-5-4-8-19-10-11/h4-10H,1-3H3,(H,20,22)(H,21,23). The fourth-order valence-corrected chi connectivity index (χ4v) is 1.81. The van der Waals surface area contributed by atoms with Gasteiger partial charge < -0.3 is 10.1 Å². The van der Waals surface area contributed by atoms with Crippen LogP contribution >= 0.6 is 0 Å². The van der Waals surface area contributed by atoms with E-state index in [-0.39, 0.29) is 5.69 Å². The van der Waals surface area contributed by atoms with Crippen LogP contribution in [-0.2, 0) is 4.74 Å². The molecule has 0 radical (unpaired) electrons. The van der Waals surface area contributed by atoms with Crippen molar-refractivity contribution in [3.63, 3.8) is 0 Å². The Morgan fingerprint density at radius 2 is 1.92 bits per heavy atom. The number of hydrogen-bond acceptors (Lipinski definition) is 4. The van der Waals surface area contributed by atoms with E-state index in [1.165, 1.54) is 18.3 Å². The molecular formula is C17H18FN3O3. The van der Waals surface area contributed by atoms with E-state index < -0.39 is 23.4 Å². The van der Waals surface area contributed by atoms with Crippen molar-refractivity contribution in [2.75, 3.05) is 10.6 Å². The Labute approximate surface area is 139 Å². The van der Waals surface area contributed by atoms with Crippen LogP contribution in [0, 0.1) is 5.82 Å². The van der Waals surface area contributed by atoms with Gasteiger partial charge in [-0.15, -0.1) is 0 Å². The van der Waals surface area contributed by atoms with E-state index in [4.69, 9.17) is 4.74 Å². The zero-order valence-corrected chi connectivity index (χ0v) is 13.6. The number of hydrogen-bond donors (Lipinski definition) is 2. The van der Waals surface area contributed by atoms with Crippen molar-refractivity contribution in [3.8, 4) is 0 Å². The third-order valence-corrected chi connectivity index (χ3v) is 2.78. The van der Waals surface area contributed by atoms with Crippen LogP contribution < -0.4 is 10.6 Å². The van der Waals surface area contributed by atoms with Gasteiger partial charge in [0.15, 0.2) is 0 Å². The van der Waals surface area contributed by atoms with Crippen LogP contribution in [-0.4, -0.2) is 22.6 Å². The van der Waals surface area contributed by atoms with Crippen LogP contribution in [0.5, 0.6) is 0 Å². The molecule has 0 aliphatic heterocycles. The Morgan fingerprint density at radius 1 is 1.17 bits per heavy atom. The summed E-state index contributed by atoms with van der Waals surface area (Å²) < 4.78 is 18.9. The molecule has 0 saturated carbocycles. The number of carbonyl (C=O) groups excluding carboxylic acids is 2. The predicted molar refractivity (Wildman–Crippen MR) is 88.4 cm³/mol. The molecule has 6 nitrogen and oxygen atoms in total. The van der Waals surface area contributed by atoms with E-state index in [9.17, 15) is 14.0 Å². The maximum Gasteiger partial charge on any atom is 0.412 e. The average Bonchev–Trinajstić information content (AvgIpc) is 2.49.